The molecule has 0 spiro atoms. The molecule has 0 saturated heterocycles. The van der Waals surface area contributed by atoms with Gasteiger partial charge in [-0.05, 0) is 57.2 Å². The van der Waals surface area contributed by atoms with Gasteiger partial charge in [-0.3, -0.25) is 4.79 Å². The number of pyridine rings is 1. The van der Waals surface area contributed by atoms with E-state index in [9.17, 15) is 18.0 Å². The van der Waals surface area contributed by atoms with Crippen LogP contribution in [0.25, 0.3) is 22.4 Å². The summed E-state index contributed by atoms with van der Waals surface area (Å²) in [5.41, 5.74) is 6.30. The molecular weight excluding hydrogens is 523 g/mol. The zero-order valence-electron chi connectivity index (χ0n) is 23.1. The third-order valence-electron chi connectivity index (χ3n) is 6.52. The van der Waals surface area contributed by atoms with Crippen LogP contribution in [0.2, 0.25) is 0 Å². The van der Waals surface area contributed by atoms with E-state index in [-0.39, 0.29) is 34.7 Å². The number of ether oxygens (including phenoxy) is 1. The number of nitrogens with one attached hydrogen (secondary N) is 2. The van der Waals surface area contributed by atoms with E-state index in [2.05, 4.69) is 27.2 Å². The van der Waals surface area contributed by atoms with Crippen molar-refractivity contribution in [1.82, 2.24) is 20.6 Å². The Kier molecular flexibility index (Phi) is 9.88. The number of halogens is 3. The number of carbonyl (C=O) groups excluding carboxylic acids is 1. The topological polar surface area (TPSA) is 115 Å². The molecule has 3 aromatic rings. The van der Waals surface area contributed by atoms with Gasteiger partial charge in [-0.2, -0.15) is 13.2 Å². The van der Waals surface area contributed by atoms with Crippen LogP contribution in [0.4, 0.5) is 13.2 Å². The average molecular weight is 558 g/mol. The van der Waals surface area contributed by atoms with Crippen LogP contribution in [-0.4, -0.2) is 42.1 Å². The number of rotatable bonds is 11. The Bertz CT molecular complexity index is 1430. The molecular formula is C29H34F3N5O3. The molecule has 0 saturated carbocycles. The van der Waals surface area contributed by atoms with Gasteiger partial charge in [0.1, 0.15) is 17.0 Å². The van der Waals surface area contributed by atoms with Crippen molar-refractivity contribution in [3.8, 4) is 17.2 Å². The molecule has 2 aromatic heterocycles. The second-order valence-corrected chi connectivity index (χ2v) is 9.08. The normalized spacial score (nSPS) is 14.8. The van der Waals surface area contributed by atoms with Crippen LogP contribution in [0.5, 0.6) is 5.75 Å². The predicted octanol–water partition coefficient (Wildman–Crippen LogP) is 5.72. The number of benzene rings is 1. The van der Waals surface area contributed by atoms with Crippen molar-refractivity contribution >= 4 is 16.8 Å². The lowest BCUT2D eigenvalue weighted by Gasteiger charge is -2.26. The maximum Gasteiger partial charge on any atom is 0.433 e. The van der Waals surface area contributed by atoms with Gasteiger partial charge in [-0.1, -0.05) is 37.8 Å². The second-order valence-electron chi connectivity index (χ2n) is 9.08. The van der Waals surface area contributed by atoms with E-state index in [0.29, 0.717) is 17.4 Å². The van der Waals surface area contributed by atoms with Gasteiger partial charge in [0.15, 0.2) is 11.5 Å². The van der Waals surface area contributed by atoms with Gasteiger partial charge in [0.25, 0.3) is 5.91 Å². The summed E-state index contributed by atoms with van der Waals surface area (Å²) in [6, 6.07) is 3.92. The van der Waals surface area contributed by atoms with Crippen molar-refractivity contribution in [2.45, 2.75) is 51.5 Å². The first kappa shape index (κ1) is 30.6. The number of hydrogen-bond acceptors (Lipinski definition) is 7. The van der Waals surface area contributed by atoms with E-state index in [4.69, 9.17) is 14.9 Å². The molecule has 1 amide bonds. The molecule has 0 aliphatic carbocycles. The summed E-state index contributed by atoms with van der Waals surface area (Å²) < 4.78 is 51.4. The lowest BCUT2D eigenvalue weighted by Crippen LogP contribution is -2.48. The third kappa shape index (κ3) is 6.43. The zero-order chi connectivity index (χ0) is 29.6. The van der Waals surface area contributed by atoms with E-state index < -0.39 is 29.9 Å². The van der Waals surface area contributed by atoms with Crippen molar-refractivity contribution < 1.29 is 27.1 Å². The number of amides is 1. The number of methoxy groups -OCH3 is 1. The smallest absolute Gasteiger partial charge is 0.433 e. The molecule has 1 aromatic carbocycles. The highest BCUT2D eigenvalue weighted by Gasteiger charge is 2.34. The Morgan fingerprint density at radius 2 is 1.98 bits per heavy atom. The van der Waals surface area contributed by atoms with Crippen molar-refractivity contribution in [2.24, 2.45) is 5.73 Å². The van der Waals surface area contributed by atoms with Crippen LogP contribution >= 0.6 is 0 Å². The molecule has 40 heavy (non-hydrogen) atoms. The van der Waals surface area contributed by atoms with Gasteiger partial charge in [-0.15, -0.1) is 0 Å². The van der Waals surface area contributed by atoms with Crippen LogP contribution in [0, 0.1) is 0 Å². The van der Waals surface area contributed by atoms with E-state index in [1.54, 1.807) is 19.2 Å². The summed E-state index contributed by atoms with van der Waals surface area (Å²) in [5.74, 6) is -0.199. The Balaban J connectivity index is 2.15. The minimum Gasteiger partial charge on any atom is -0.494 e. The maximum atomic E-state index is 13.6. The number of allylic oxidation sites excluding steroid dienone is 3. The lowest BCUT2D eigenvalue weighted by molar-refractivity contribution is -0.140. The van der Waals surface area contributed by atoms with Gasteiger partial charge in [0, 0.05) is 17.0 Å². The number of alkyl halides is 3. The number of nitrogens with zero attached hydrogens (tertiary/aromatic N) is 2. The highest BCUT2D eigenvalue weighted by molar-refractivity contribution is 5.98. The molecule has 4 N–H and O–H groups in total. The first-order chi connectivity index (χ1) is 19.0. The summed E-state index contributed by atoms with van der Waals surface area (Å²) in [4.78, 5) is 21.9. The predicted molar refractivity (Wildman–Crippen MR) is 149 cm³/mol. The molecule has 3 unspecified atom stereocenters. The van der Waals surface area contributed by atoms with Crippen LogP contribution in [-0.2, 0) is 6.18 Å². The van der Waals surface area contributed by atoms with Crippen molar-refractivity contribution in [1.29, 1.82) is 0 Å². The van der Waals surface area contributed by atoms with Gasteiger partial charge < -0.3 is 25.5 Å². The fourth-order valence-electron chi connectivity index (χ4n) is 4.13. The Labute approximate surface area is 231 Å². The molecule has 0 radical (unpaired) electrons. The van der Waals surface area contributed by atoms with Crippen molar-refractivity contribution in [3.05, 3.63) is 77.9 Å². The van der Waals surface area contributed by atoms with Gasteiger partial charge in [0.05, 0.1) is 19.2 Å². The zero-order valence-corrected chi connectivity index (χ0v) is 23.1. The van der Waals surface area contributed by atoms with E-state index >= 15 is 0 Å². The average Bonchev–Trinajstić information content (AvgIpc) is 3.40. The minimum absolute atomic E-state index is 0.0177. The van der Waals surface area contributed by atoms with E-state index in [0.717, 1.165) is 11.6 Å². The van der Waals surface area contributed by atoms with E-state index in [1.807, 2.05) is 39.0 Å². The van der Waals surface area contributed by atoms with Gasteiger partial charge in [-0.25, -0.2) is 9.97 Å². The first-order valence-corrected chi connectivity index (χ1v) is 12.8. The SMILES string of the molecule is C=C/C(=C\C=C/C)C(NC(=O)c1nc(-c2ccc(OC)c3nc(C(F)(F)F)ccc23)oc1C(N)CC)C(C)NC. The Hall–Kier alpha value is -3.96. The van der Waals surface area contributed by atoms with Crippen LogP contribution in [0.3, 0.4) is 0 Å². The van der Waals surface area contributed by atoms with Gasteiger partial charge >= 0.3 is 6.18 Å². The monoisotopic (exact) mass is 557 g/mol. The lowest BCUT2D eigenvalue weighted by atomic mass is 9.99. The Morgan fingerprint density at radius 1 is 1.25 bits per heavy atom. The molecule has 3 rings (SSSR count). The largest absolute Gasteiger partial charge is 0.494 e. The first-order valence-electron chi connectivity index (χ1n) is 12.8. The molecule has 0 aliphatic rings. The number of likely N-dealkylation sites (N-methyl/N-ethyl adjacent to an activating group) is 1. The Morgan fingerprint density at radius 3 is 2.55 bits per heavy atom. The number of oxazole rings is 1. The summed E-state index contributed by atoms with van der Waals surface area (Å²) >= 11 is 0. The third-order valence-corrected chi connectivity index (χ3v) is 6.52. The highest BCUT2D eigenvalue weighted by Crippen LogP contribution is 2.37. The summed E-state index contributed by atoms with van der Waals surface area (Å²) in [6.45, 7) is 9.50. The highest BCUT2D eigenvalue weighted by atomic mass is 19.4. The molecule has 2 heterocycles. The number of carbonyl (C=O) groups is 1. The quantitative estimate of drug-likeness (QED) is 0.258. The molecule has 0 fully saturated rings. The standard InChI is InChI=1S/C29H34F3N5O3/c1-7-10-11-17(8-2)23(16(4)34-5)36-27(38)25-26(20(33)9-3)40-28(37-25)19-12-14-21(39-6)24-18(19)13-15-22(35-24)29(30,31)32/h7-8,10-16,20,23,34H,2,9,33H2,1,3-6H3,(H,36,38)/b10-7-,17-11+. The molecule has 214 valence electrons. The van der Waals surface area contributed by atoms with Crippen LogP contribution < -0.4 is 21.1 Å². The van der Waals surface area contributed by atoms with E-state index in [1.165, 1.54) is 19.2 Å². The minimum atomic E-state index is -4.64. The fraction of sp³-hybridized carbons (Fsp3) is 0.345. The molecule has 8 nitrogen and oxygen atoms in total. The number of fused-ring (bicyclic) bond motifs is 1. The number of aromatic nitrogens is 2. The number of hydrogen-bond donors (Lipinski definition) is 3. The van der Waals surface area contributed by atoms with Crippen LogP contribution in [0.1, 0.15) is 55.2 Å². The molecule has 0 aliphatic heterocycles. The van der Waals surface area contributed by atoms with Crippen molar-refractivity contribution in [2.75, 3.05) is 14.2 Å². The number of nitrogens with two attached hydrogens (primary N) is 1. The molecule has 3 atom stereocenters. The summed E-state index contributed by atoms with van der Waals surface area (Å²) in [7, 11) is 3.12. The fourth-order valence-corrected chi connectivity index (χ4v) is 4.13. The van der Waals surface area contributed by atoms with Gasteiger partial charge in [0.2, 0.25) is 5.89 Å². The summed E-state index contributed by atoms with van der Waals surface area (Å²) in [5, 5.41) is 6.45. The van der Waals surface area contributed by atoms with Crippen LogP contribution in [0.15, 0.2) is 65.1 Å². The van der Waals surface area contributed by atoms with Crippen molar-refractivity contribution in [3.63, 3.8) is 0 Å². The maximum absolute atomic E-state index is 13.6. The second kappa shape index (κ2) is 12.9. The molecule has 0 bridgehead atoms. The summed E-state index contributed by atoms with van der Waals surface area (Å²) in [6.07, 6.45) is 3.03. The molecule has 11 heteroatoms.